The fourth-order valence-corrected chi connectivity index (χ4v) is 5.89. The standard InChI is InChI=1S/C21H43NO7Si/c1-7-13-15-25-20(23)17-18(21(24)26-16-14-8-2)22-19(9-3)30(27-10-4,28-11-5)29-12-6/h18-19,22H,7-17H2,1-6H3. The second kappa shape index (κ2) is 17.7. The summed E-state index contributed by atoms with van der Waals surface area (Å²) in [5.41, 5.74) is -0.357. The van der Waals surface area contributed by atoms with Crippen molar-refractivity contribution in [2.75, 3.05) is 33.0 Å². The van der Waals surface area contributed by atoms with Crippen molar-refractivity contribution >= 4 is 20.7 Å². The van der Waals surface area contributed by atoms with Crippen molar-refractivity contribution in [1.29, 1.82) is 0 Å². The van der Waals surface area contributed by atoms with Crippen LogP contribution in [0.15, 0.2) is 0 Å². The van der Waals surface area contributed by atoms with Crippen LogP contribution in [0.3, 0.4) is 0 Å². The van der Waals surface area contributed by atoms with Gasteiger partial charge < -0.3 is 22.8 Å². The van der Waals surface area contributed by atoms with Crippen LogP contribution in [0.2, 0.25) is 0 Å². The Hall–Kier alpha value is -1.00. The molecule has 2 unspecified atom stereocenters. The third-order valence-corrected chi connectivity index (χ3v) is 7.93. The molecular formula is C21H43NO7Si. The Morgan fingerprint density at radius 2 is 1.30 bits per heavy atom. The van der Waals surface area contributed by atoms with Crippen LogP contribution in [0, 0.1) is 0 Å². The molecule has 178 valence electrons. The number of nitrogens with one attached hydrogen (secondary N) is 1. The summed E-state index contributed by atoms with van der Waals surface area (Å²) in [5.74, 6) is -0.901. The zero-order chi connectivity index (χ0) is 22.8. The van der Waals surface area contributed by atoms with Crippen LogP contribution in [0.25, 0.3) is 0 Å². The summed E-state index contributed by atoms with van der Waals surface area (Å²) in [4.78, 5) is 25.0. The summed E-state index contributed by atoms with van der Waals surface area (Å²) >= 11 is 0. The number of hydrogen-bond acceptors (Lipinski definition) is 8. The molecule has 0 rings (SSSR count). The van der Waals surface area contributed by atoms with E-state index in [1.165, 1.54) is 0 Å². The lowest BCUT2D eigenvalue weighted by Gasteiger charge is -2.36. The summed E-state index contributed by atoms with van der Waals surface area (Å²) in [6, 6.07) is -0.853. The van der Waals surface area contributed by atoms with Gasteiger partial charge in [-0.05, 0) is 40.0 Å². The minimum absolute atomic E-state index is 0.111. The van der Waals surface area contributed by atoms with Crippen molar-refractivity contribution < 1.29 is 32.3 Å². The maximum atomic E-state index is 12.7. The van der Waals surface area contributed by atoms with Gasteiger partial charge >= 0.3 is 20.7 Å². The molecule has 0 amide bonds. The van der Waals surface area contributed by atoms with Crippen LogP contribution < -0.4 is 5.32 Å². The molecule has 0 spiro atoms. The van der Waals surface area contributed by atoms with Crippen molar-refractivity contribution in [3.63, 3.8) is 0 Å². The van der Waals surface area contributed by atoms with Gasteiger partial charge in [-0.15, -0.1) is 0 Å². The minimum atomic E-state index is -3.12. The summed E-state index contributed by atoms with van der Waals surface area (Å²) < 4.78 is 28.6. The average molecular weight is 450 g/mol. The van der Waals surface area contributed by atoms with Gasteiger partial charge in [-0.3, -0.25) is 14.9 Å². The molecule has 9 heteroatoms. The molecule has 1 N–H and O–H groups in total. The lowest BCUT2D eigenvalue weighted by Crippen LogP contribution is -2.64. The van der Waals surface area contributed by atoms with E-state index in [9.17, 15) is 9.59 Å². The molecule has 30 heavy (non-hydrogen) atoms. The van der Waals surface area contributed by atoms with Crippen molar-refractivity contribution in [3.8, 4) is 0 Å². The van der Waals surface area contributed by atoms with E-state index < -0.39 is 26.8 Å². The van der Waals surface area contributed by atoms with Gasteiger partial charge in [0.1, 0.15) is 6.04 Å². The van der Waals surface area contributed by atoms with Gasteiger partial charge in [0, 0.05) is 19.8 Å². The highest BCUT2D eigenvalue weighted by molar-refractivity contribution is 6.62. The molecule has 0 heterocycles. The topological polar surface area (TPSA) is 92.3 Å². The number of esters is 2. The Morgan fingerprint density at radius 3 is 1.73 bits per heavy atom. The molecule has 0 radical (unpaired) electrons. The zero-order valence-corrected chi connectivity index (χ0v) is 20.8. The molecule has 0 saturated carbocycles. The Morgan fingerprint density at radius 1 is 0.800 bits per heavy atom. The van der Waals surface area contributed by atoms with Crippen molar-refractivity contribution in [2.24, 2.45) is 0 Å². The predicted molar refractivity (Wildman–Crippen MR) is 118 cm³/mol. The molecule has 0 aliphatic carbocycles. The van der Waals surface area contributed by atoms with Gasteiger partial charge in [0.2, 0.25) is 0 Å². The molecule has 0 aromatic rings. The van der Waals surface area contributed by atoms with Gasteiger partial charge in [-0.25, -0.2) is 0 Å². The third kappa shape index (κ3) is 10.9. The van der Waals surface area contributed by atoms with Crippen LogP contribution in [-0.4, -0.2) is 65.5 Å². The van der Waals surface area contributed by atoms with Crippen LogP contribution in [0.4, 0.5) is 0 Å². The van der Waals surface area contributed by atoms with Crippen molar-refractivity contribution in [1.82, 2.24) is 5.32 Å². The maximum absolute atomic E-state index is 12.7. The molecule has 0 fully saturated rings. The number of carbonyl (C=O) groups excluding carboxylic acids is 2. The quantitative estimate of drug-likeness (QED) is 0.182. The number of carbonyl (C=O) groups is 2. The number of unbranched alkanes of at least 4 members (excludes halogenated alkanes) is 2. The lowest BCUT2D eigenvalue weighted by atomic mass is 10.2. The molecule has 0 saturated heterocycles. The first-order chi connectivity index (χ1) is 14.4. The normalized spacial score (nSPS) is 13.7. The van der Waals surface area contributed by atoms with Gasteiger partial charge in [0.25, 0.3) is 0 Å². The van der Waals surface area contributed by atoms with Crippen LogP contribution >= 0.6 is 0 Å². The molecule has 0 aliphatic heterocycles. The molecule has 0 aliphatic rings. The molecule has 0 aromatic carbocycles. The largest absolute Gasteiger partial charge is 0.518 e. The second-order valence-electron chi connectivity index (χ2n) is 6.88. The Labute approximate surface area is 183 Å². The first-order valence-corrected chi connectivity index (χ1v) is 13.2. The third-order valence-electron chi connectivity index (χ3n) is 4.43. The van der Waals surface area contributed by atoms with E-state index in [-0.39, 0.29) is 12.1 Å². The molecular weight excluding hydrogens is 406 g/mol. The number of rotatable bonds is 19. The summed E-state index contributed by atoms with van der Waals surface area (Å²) in [6.07, 6.45) is 3.90. The highest BCUT2D eigenvalue weighted by Gasteiger charge is 2.50. The SMILES string of the molecule is CCCCOC(=O)CC(NC(CC)[Si](OCC)(OCC)OCC)C(=O)OCCCC. The summed E-state index contributed by atoms with van der Waals surface area (Å²) in [7, 11) is -3.12. The van der Waals surface area contributed by atoms with Crippen molar-refractivity contribution in [3.05, 3.63) is 0 Å². The molecule has 0 aromatic heterocycles. The number of hydrogen-bond donors (Lipinski definition) is 1. The smallest absolute Gasteiger partial charge is 0.466 e. The van der Waals surface area contributed by atoms with E-state index in [2.05, 4.69) is 5.32 Å². The second-order valence-corrected chi connectivity index (χ2v) is 9.65. The van der Waals surface area contributed by atoms with E-state index in [0.717, 1.165) is 25.7 Å². The van der Waals surface area contributed by atoms with E-state index in [0.29, 0.717) is 39.5 Å². The molecule has 2 atom stereocenters. The van der Waals surface area contributed by atoms with E-state index >= 15 is 0 Å². The highest BCUT2D eigenvalue weighted by atomic mass is 28.4. The van der Waals surface area contributed by atoms with E-state index in [1.54, 1.807) is 0 Å². The van der Waals surface area contributed by atoms with Gasteiger partial charge in [0.05, 0.1) is 25.3 Å². The first kappa shape index (κ1) is 29.0. The lowest BCUT2D eigenvalue weighted by molar-refractivity contribution is -0.153. The summed E-state index contributed by atoms with van der Waals surface area (Å²) in [5, 5.41) is 3.26. The Bertz CT molecular complexity index is 448. The fourth-order valence-electron chi connectivity index (χ4n) is 2.93. The monoisotopic (exact) mass is 449 g/mol. The van der Waals surface area contributed by atoms with Crippen LogP contribution in [0.1, 0.15) is 80.1 Å². The zero-order valence-electron chi connectivity index (χ0n) is 19.8. The van der Waals surface area contributed by atoms with Gasteiger partial charge in [-0.2, -0.15) is 0 Å². The Balaban J connectivity index is 5.48. The summed E-state index contributed by atoms with van der Waals surface area (Å²) in [6.45, 7) is 13.6. The van der Waals surface area contributed by atoms with Crippen LogP contribution in [0.5, 0.6) is 0 Å². The number of ether oxygens (including phenoxy) is 2. The van der Waals surface area contributed by atoms with E-state index in [4.69, 9.17) is 22.8 Å². The van der Waals surface area contributed by atoms with Crippen molar-refractivity contribution in [2.45, 2.75) is 91.8 Å². The first-order valence-electron chi connectivity index (χ1n) is 11.4. The molecule has 8 nitrogen and oxygen atoms in total. The predicted octanol–water partition coefficient (Wildman–Crippen LogP) is 3.39. The van der Waals surface area contributed by atoms with Crippen LogP contribution in [-0.2, 0) is 32.3 Å². The highest BCUT2D eigenvalue weighted by Crippen LogP contribution is 2.19. The fraction of sp³-hybridized carbons (Fsp3) is 0.905. The van der Waals surface area contributed by atoms with Gasteiger partial charge in [0.15, 0.2) is 0 Å². The Kier molecular flexibility index (Phi) is 17.1. The minimum Gasteiger partial charge on any atom is -0.466 e. The van der Waals surface area contributed by atoms with Gasteiger partial charge in [-0.1, -0.05) is 33.6 Å². The maximum Gasteiger partial charge on any atom is 0.518 e. The molecule has 0 bridgehead atoms. The average Bonchev–Trinajstić information content (AvgIpc) is 2.71. The van der Waals surface area contributed by atoms with E-state index in [1.807, 2.05) is 41.5 Å².